The Kier molecular flexibility index (Phi) is 6.85. The summed E-state index contributed by atoms with van der Waals surface area (Å²) in [5.74, 6) is 0.151. The van der Waals surface area contributed by atoms with E-state index in [2.05, 4.69) is 10.2 Å². The second-order valence-corrected chi connectivity index (χ2v) is 9.94. The van der Waals surface area contributed by atoms with E-state index in [1.165, 1.54) is 0 Å². The Morgan fingerprint density at radius 2 is 1.75 bits per heavy atom. The largest absolute Gasteiger partial charge is 0.495 e. The molecule has 2 fully saturated rings. The van der Waals surface area contributed by atoms with Crippen molar-refractivity contribution >= 4 is 34.8 Å². The van der Waals surface area contributed by atoms with E-state index >= 15 is 0 Å². The molecule has 0 aromatic heterocycles. The van der Waals surface area contributed by atoms with Gasteiger partial charge in [0, 0.05) is 25.2 Å². The fourth-order valence-corrected chi connectivity index (χ4v) is 5.59. The van der Waals surface area contributed by atoms with Crippen molar-refractivity contribution in [1.82, 2.24) is 4.90 Å². The highest BCUT2D eigenvalue weighted by atomic mass is 16.5. The van der Waals surface area contributed by atoms with Gasteiger partial charge in [-0.2, -0.15) is 0 Å². The van der Waals surface area contributed by atoms with E-state index in [1.54, 1.807) is 18.1 Å². The fourth-order valence-electron chi connectivity index (χ4n) is 5.59. The van der Waals surface area contributed by atoms with Gasteiger partial charge >= 0.3 is 0 Å². The molecule has 0 radical (unpaired) electrons. The average molecular weight is 491 g/mol. The Balaban J connectivity index is 1.45. The van der Waals surface area contributed by atoms with E-state index < -0.39 is 0 Å². The smallest absolute Gasteiger partial charge is 0.253 e. The standard InChI is InChI=1S/C28H34N4O4/c1-19-9-12-25(36-2)21(16-19)29-26(33)18-32-24-17-20(27(34)30-13-5-3-6-14-30)10-11-22(24)31-15-7-4-8-23(31)28(32)35/h9-12,16-17,23H,3-8,13-15,18H2,1-2H3,(H,29,33)/t23-/m0/s1. The van der Waals surface area contributed by atoms with Crippen LogP contribution in [0, 0.1) is 6.92 Å². The van der Waals surface area contributed by atoms with Gasteiger partial charge in [-0.15, -0.1) is 0 Å². The molecule has 8 nitrogen and oxygen atoms in total. The van der Waals surface area contributed by atoms with Crippen LogP contribution in [0.3, 0.4) is 0 Å². The summed E-state index contributed by atoms with van der Waals surface area (Å²) < 4.78 is 5.39. The van der Waals surface area contributed by atoms with Crippen LogP contribution in [0.2, 0.25) is 0 Å². The van der Waals surface area contributed by atoms with Crippen molar-refractivity contribution in [3.63, 3.8) is 0 Å². The molecule has 3 heterocycles. The molecule has 0 unspecified atom stereocenters. The number of piperidine rings is 2. The molecule has 8 heteroatoms. The van der Waals surface area contributed by atoms with Crippen LogP contribution < -0.4 is 19.9 Å². The summed E-state index contributed by atoms with van der Waals surface area (Å²) in [5.41, 5.74) is 3.66. The molecule has 2 aromatic carbocycles. The van der Waals surface area contributed by atoms with Crippen LogP contribution in [0.4, 0.5) is 17.1 Å². The van der Waals surface area contributed by atoms with E-state index in [0.29, 0.717) is 22.7 Å². The maximum Gasteiger partial charge on any atom is 0.253 e. The van der Waals surface area contributed by atoms with Gasteiger partial charge in [0.1, 0.15) is 18.3 Å². The predicted molar refractivity (Wildman–Crippen MR) is 140 cm³/mol. The van der Waals surface area contributed by atoms with Crippen LogP contribution in [-0.2, 0) is 9.59 Å². The van der Waals surface area contributed by atoms with Crippen molar-refractivity contribution in [1.29, 1.82) is 0 Å². The SMILES string of the molecule is COc1ccc(C)cc1NC(=O)CN1C(=O)[C@@H]2CCCCN2c2ccc(C(=O)N3CCCCC3)cc21. The van der Waals surface area contributed by atoms with E-state index in [9.17, 15) is 14.4 Å². The van der Waals surface area contributed by atoms with Crippen molar-refractivity contribution in [2.45, 2.75) is 51.5 Å². The highest BCUT2D eigenvalue weighted by molar-refractivity contribution is 6.11. The minimum atomic E-state index is -0.310. The van der Waals surface area contributed by atoms with Gasteiger partial charge in [0.2, 0.25) is 11.8 Å². The zero-order valence-corrected chi connectivity index (χ0v) is 21.1. The van der Waals surface area contributed by atoms with E-state index in [-0.39, 0.29) is 30.3 Å². The number of benzene rings is 2. The number of rotatable bonds is 5. The maximum absolute atomic E-state index is 13.7. The first-order valence-corrected chi connectivity index (χ1v) is 12.9. The Hall–Kier alpha value is -3.55. The Morgan fingerprint density at radius 1 is 0.972 bits per heavy atom. The lowest BCUT2D eigenvalue weighted by Gasteiger charge is -2.45. The summed E-state index contributed by atoms with van der Waals surface area (Å²) in [7, 11) is 1.56. The van der Waals surface area contributed by atoms with Crippen molar-refractivity contribution in [2.24, 2.45) is 0 Å². The molecule has 5 rings (SSSR count). The third-order valence-corrected chi connectivity index (χ3v) is 7.45. The summed E-state index contributed by atoms with van der Waals surface area (Å²) in [6.45, 7) is 4.12. The van der Waals surface area contributed by atoms with Crippen molar-refractivity contribution in [3.8, 4) is 5.75 Å². The number of likely N-dealkylation sites (tertiary alicyclic amines) is 1. The van der Waals surface area contributed by atoms with Crippen molar-refractivity contribution < 1.29 is 19.1 Å². The molecular weight excluding hydrogens is 456 g/mol. The van der Waals surface area contributed by atoms with Crippen LogP contribution in [-0.4, -0.2) is 62.0 Å². The van der Waals surface area contributed by atoms with Gasteiger partial charge in [-0.25, -0.2) is 0 Å². The molecule has 3 amide bonds. The minimum absolute atomic E-state index is 0.0142. The number of carbonyl (C=O) groups is 3. The molecule has 3 aliphatic heterocycles. The number of aryl methyl sites for hydroxylation is 1. The minimum Gasteiger partial charge on any atom is -0.495 e. The molecule has 1 atom stereocenters. The first-order chi connectivity index (χ1) is 17.5. The number of ether oxygens (including phenoxy) is 1. The van der Waals surface area contributed by atoms with Gasteiger partial charge in [0.05, 0.1) is 24.2 Å². The molecule has 3 aliphatic rings. The monoisotopic (exact) mass is 490 g/mol. The number of carbonyl (C=O) groups excluding carboxylic acids is 3. The molecular formula is C28H34N4O4. The van der Waals surface area contributed by atoms with Crippen LogP contribution >= 0.6 is 0 Å². The highest BCUT2D eigenvalue weighted by Gasteiger charge is 2.40. The highest BCUT2D eigenvalue weighted by Crippen LogP contribution is 2.40. The van der Waals surface area contributed by atoms with Gasteiger partial charge in [-0.05, 0) is 81.3 Å². The molecule has 190 valence electrons. The second kappa shape index (κ2) is 10.2. The zero-order chi connectivity index (χ0) is 25.2. The lowest BCUT2D eigenvalue weighted by Crippen LogP contribution is -2.56. The number of hydrogen-bond donors (Lipinski definition) is 1. The first kappa shape index (κ1) is 24.2. The molecule has 1 N–H and O–H groups in total. The summed E-state index contributed by atoms with van der Waals surface area (Å²) in [4.78, 5) is 45.7. The Bertz CT molecular complexity index is 1170. The maximum atomic E-state index is 13.7. The summed E-state index contributed by atoms with van der Waals surface area (Å²) >= 11 is 0. The summed E-state index contributed by atoms with van der Waals surface area (Å²) in [6, 6.07) is 10.9. The number of nitrogens with zero attached hydrogens (tertiary/aromatic N) is 3. The average Bonchev–Trinajstić information content (AvgIpc) is 2.91. The van der Waals surface area contributed by atoms with Crippen molar-refractivity contribution in [2.75, 3.05) is 48.4 Å². The Morgan fingerprint density at radius 3 is 2.53 bits per heavy atom. The molecule has 0 aliphatic carbocycles. The van der Waals surface area contributed by atoms with Crippen LogP contribution in [0.15, 0.2) is 36.4 Å². The molecule has 0 saturated carbocycles. The van der Waals surface area contributed by atoms with E-state index in [4.69, 9.17) is 4.74 Å². The second-order valence-electron chi connectivity index (χ2n) is 9.94. The number of hydrogen-bond acceptors (Lipinski definition) is 5. The van der Waals surface area contributed by atoms with Crippen LogP contribution in [0.25, 0.3) is 0 Å². The number of nitrogens with one attached hydrogen (secondary N) is 1. The van der Waals surface area contributed by atoms with Gasteiger partial charge in [0.15, 0.2) is 0 Å². The lowest BCUT2D eigenvalue weighted by molar-refractivity contribution is -0.123. The molecule has 36 heavy (non-hydrogen) atoms. The number of methoxy groups -OCH3 is 1. The van der Waals surface area contributed by atoms with Gasteiger partial charge in [0.25, 0.3) is 5.91 Å². The van der Waals surface area contributed by atoms with Gasteiger partial charge in [-0.3, -0.25) is 19.3 Å². The van der Waals surface area contributed by atoms with E-state index in [1.807, 2.05) is 42.2 Å². The number of fused-ring (bicyclic) bond motifs is 3. The molecule has 0 bridgehead atoms. The Labute approximate surface area is 212 Å². The third-order valence-electron chi connectivity index (χ3n) is 7.45. The molecule has 2 saturated heterocycles. The third kappa shape index (κ3) is 4.64. The molecule has 0 spiro atoms. The zero-order valence-electron chi connectivity index (χ0n) is 21.1. The van der Waals surface area contributed by atoms with E-state index in [0.717, 1.165) is 69.4 Å². The van der Waals surface area contributed by atoms with Crippen LogP contribution in [0.1, 0.15) is 54.4 Å². The summed E-state index contributed by atoms with van der Waals surface area (Å²) in [6.07, 6.45) is 5.93. The van der Waals surface area contributed by atoms with Gasteiger partial charge < -0.3 is 19.9 Å². The number of anilines is 3. The predicted octanol–water partition coefficient (Wildman–Crippen LogP) is 3.97. The number of amides is 3. The van der Waals surface area contributed by atoms with Gasteiger partial charge in [-0.1, -0.05) is 6.07 Å². The topological polar surface area (TPSA) is 82.2 Å². The van der Waals surface area contributed by atoms with Crippen LogP contribution in [0.5, 0.6) is 5.75 Å². The van der Waals surface area contributed by atoms with Crippen molar-refractivity contribution in [3.05, 3.63) is 47.5 Å². The lowest BCUT2D eigenvalue weighted by atomic mass is 9.95. The summed E-state index contributed by atoms with van der Waals surface area (Å²) in [5, 5.41) is 2.92. The molecule has 2 aromatic rings. The first-order valence-electron chi connectivity index (χ1n) is 12.9. The fraction of sp³-hybridized carbons (Fsp3) is 0.464. The normalized spacial score (nSPS) is 19.4. The quantitative estimate of drug-likeness (QED) is 0.686.